The molecule has 2 aromatic rings. The molecule has 1 aliphatic carbocycles. The number of nitrogens with zero attached hydrogens (tertiary/aromatic N) is 2. The van der Waals surface area contributed by atoms with E-state index in [1.165, 1.54) is 24.8 Å². The number of halogens is 4. The van der Waals surface area contributed by atoms with Crippen LogP contribution in [0.4, 0.5) is 17.6 Å². The Kier molecular flexibility index (Phi) is 4.84. The highest BCUT2D eigenvalue weighted by atomic mass is 19.3. The van der Waals surface area contributed by atoms with Crippen molar-refractivity contribution >= 4 is 5.91 Å². The maximum Gasteiger partial charge on any atom is 0.252 e. The summed E-state index contributed by atoms with van der Waals surface area (Å²) in [6.07, 6.45) is 0.442. The van der Waals surface area contributed by atoms with Crippen molar-refractivity contribution in [2.24, 2.45) is 11.3 Å². The average molecular weight is 416 g/mol. The van der Waals surface area contributed by atoms with Crippen LogP contribution in [0, 0.1) is 34.8 Å². The van der Waals surface area contributed by atoms with Gasteiger partial charge in [0.05, 0.1) is 11.6 Å². The molecular formula is C23H20F4N2O. The Morgan fingerprint density at radius 1 is 1.20 bits per heavy atom. The van der Waals surface area contributed by atoms with Crippen molar-refractivity contribution in [2.75, 3.05) is 6.54 Å². The molecule has 3 nitrogen and oxygen atoms in total. The van der Waals surface area contributed by atoms with Crippen molar-refractivity contribution in [1.82, 2.24) is 9.88 Å². The molecule has 30 heavy (non-hydrogen) atoms. The van der Waals surface area contributed by atoms with E-state index in [4.69, 9.17) is 0 Å². The Hall–Kier alpha value is -2.88. The van der Waals surface area contributed by atoms with Crippen molar-refractivity contribution in [2.45, 2.75) is 39.2 Å². The van der Waals surface area contributed by atoms with E-state index >= 15 is 0 Å². The summed E-state index contributed by atoms with van der Waals surface area (Å²) in [7, 11) is 0. The number of amides is 1. The second-order valence-electron chi connectivity index (χ2n) is 8.49. The molecule has 1 aromatic heterocycles. The lowest BCUT2D eigenvalue weighted by Crippen LogP contribution is -2.46. The van der Waals surface area contributed by atoms with E-state index in [2.05, 4.69) is 16.8 Å². The zero-order valence-electron chi connectivity index (χ0n) is 16.7. The van der Waals surface area contributed by atoms with Crippen LogP contribution in [0.1, 0.15) is 55.0 Å². The van der Waals surface area contributed by atoms with Gasteiger partial charge in [0, 0.05) is 36.5 Å². The highest BCUT2D eigenvalue weighted by molar-refractivity contribution is 5.84. The van der Waals surface area contributed by atoms with E-state index < -0.39 is 29.4 Å². The van der Waals surface area contributed by atoms with Crippen LogP contribution in [0.3, 0.4) is 0 Å². The number of pyridine rings is 1. The summed E-state index contributed by atoms with van der Waals surface area (Å²) >= 11 is 0. The lowest BCUT2D eigenvalue weighted by molar-refractivity contribution is -0.150. The Balaban J connectivity index is 1.68. The summed E-state index contributed by atoms with van der Waals surface area (Å²) in [6.45, 7) is 4.86. The lowest BCUT2D eigenvalue weighted by atomic mass is 9.68. The Labute approximate surface area is 172 Å². The summed E-state index contributed by atoms with van der Waals surface area (Å²) in [5.41, 5.74) is 0.610. The van der Waals surface area contributed by atoms with Crippen molar-refractivity contribution in [3.8, 4) is 11.8 Å². The van der Waals surface area contributed by atoms with E-state index in [0.717, 1.165) is 23.3 Å². The molecule has 4 rings (SSSR count). The maximum atomic E-state index is 13.9. The molecule has 1 amide bonds. The average Bonchev–Trinajstić information content (AvgIpc) is 2.95. The third-order valence-electron chi connectivity index (χ3n) is 6.06. The van der Waals surface area contributed by atoms with Gasteiger partial charge in [-0.1, -0.05) is 18.8 Å². The number of hydrogen-bond donors (Lipinski definition) is 0. The summed E-state index contributed by atoms with van der Waals surface area (Å²) in [4.78, 5) is 18.5. The summed E-state index contributed by atoms with van der Waals surface area (Å²) in [6, 6.07) is 2.87. The predicted octanol–water partition coefficient (Wildman–Crippen LogP) is 4.67. The van der Waals surface area contributed by atoms with Crippen molar-refractivity contribution < 1.29 is 22.4 Å². The summed E-state index contributed by atoms with van der Waals surface area (Å²) < 4.78 is 53.8. The van der Waals surface area contributed by atoms with Gasteiger partial charge in [-0.2, -0.15) is 0 Å². The topological polar surface area (TPSA) is 33.2 Å². The van der Waals surface area contributed by atoms with Gasteiger partial charge in [-0.15, -0.1) is 0 Å². The fourth-order valence-corrected chi connectivity index (χ4v) is 4.34. The number of aromatic nitrogens is 1. The summed E-state index contributed by atoms with van der Waals surface area (Å²) in [5, 5.41) is 0. The van der Waals surface area contributed by atoms with E-state index in [-0.39, 0.29) is 23.4 Å². The first-order valence-corrected chi connectivity index (χ1v) is 9.67. The van der Waals surface area contributed by atoms with Crippen LogP contribution in [0.25, 0.3) is 0 Å². The molecule has 2 aliphatic rings. The van der Waals surface area contributed by atoms with Gasteiger partial charge in [0.25, 0.3) is 6.43 Å². The number of fused-ring (bicyclic) bond motifs is 4. The van der Waals surface area contributed by atoms with E-state index in [1.54, 1.807) is 12.4 Å². The van der Waals surface area contributed by atoms with Gasteiger partial charge in [0.2, 0.25) is 5.91 Å². The Morgan fingerprint density at radius 3 is 2.57 bits per heavy atom. The minimum absolute atomic E-state index is 0.0391. The number of likely N-dealkylation sites (tertiary alicyclic amines) is 1. The van der Waals surface area contributed by atoms with Crippen LogP contribution in [-0.4, -0.2) is 28.8 Å². The van der Waals surface area contributed by atoms with Crippen LogP contribution < -0.4 is 0 Å². The number of carbonyl (C=O) groups is 1. The molecule has 0 spiro atoms. The molecular weight excluding hydrogens is 396 g/mol. The van der Waals surface area contributed by atoms with Crippen LogP contribution in [0.5, 0.6) is 0 Å². The molecule has 1 saturated heterocycles. The fraction of sp³-hybridized carbons (Fsp3) is 0.391. The second kappa shape index (κ2) is 7.12. The minimum Gasteiger partial charge on any atom is -0.334 e. The monoisotopic (exact) mass is 416 g/mol. The number of carbonyl (C=O) groups excluding carboxylic acids is 1. The molecule has 1 aliphatic heterocycles. The van der Waals surface area contributed by atoms with E-state index in [0.29, 0.717) is 12.1 Å². The first-order valence-electron chi connectivity index (χ1n) is 9.67. The van der Waals surface area contributed by atoms with Gasteiger partial charge < -0.3 is 4.90 Å². The third kappa shape index (κ3) is 3.06. The third-order valence-corrected chi connectivity index (χ3v) is 6.06. The summed E-state index contributed by atoms with van der Waals surface area (Å²) in [5.74, 6) is 3.64. The predicted molar refractivity (Wildman–Crippen MR) is 103 cm³/mol. The molecule has 0 radical (unpaired) electrons. The lowest BCUT2D eigenvalue weighted by Gasteiger charge is -2.42. The van der Waals surface area contributed by atoms with Gasteiger partial charge >= 0.3 is 0 Å². The van der Waals surface area contributed by atoms with Crippen molar-refractivity contribution in [3.05, 3.63) is 64.5 Å². The molecule has 3 atom stereocenters. The van der Waals surface area contributed by atoms with E-state index in [9.17, 15) is 22.4 Å². The molecule has 0 saturated carbocycles. The normalized spacial score (nSPS) is 22.1. The first-order chi connectivity index (χ1) is 14.1. The quantitative estimate of drug-likeness (QED) is 0.527. The van der Waals surface area contributed by atoms with Crippen LogP contribution in [-0.2, 0) is 4.79 Å². The first kappa shape index (κ1) is 20.4. The molecule has 1 aromatic carbocycles. The molecule has 1 unspecified atom stereocenters. The number of hydrogen-bond acceptors (Lipinski definition) is 2. The molecule has 2 heterocycles. The van der Waals surface area contributed by atoms with Gasteiger partial charge in [-0.05, 0) is 43.0 Å². The molecule has 156 valence electrons. The SMILES string of the molecule is C[C@H]1CN(C(=O)C(C)(C)C(F)F)[C@@H]2c3cncc(C#Cc4ccc(F)cc4F)c3C21. The van der Waals surface area contributed by atoms with Gasteiger partial charge in [0.15, 0.2) is 0 Å². The van der Waals surface area contributed by atoms with Gasteiger partial charge in [0.1, 0.15) is 17.0 Å². The van der Waals surface area contributed by atoms with Crippen molar-refractivity contribution in [3.63, 3.8) is 0 Å². The molecule has 1 fully saturated rings. The van der Waals surface area contributed by atoms with Gasteiger partial charge in [-0.3, -0.25) is 9.78 Å². The van der Waals surface area contributed by atoms with Crippen LogP contribution >= 0.6 is 0 Å². The van der Waals surface area contributed by atoms with E-state index in [1.807, 2.05) is 6.92 Å². The highest BCUT2D eigenvalue weighted by Gasteiger charge is 2.55. The fourth-order valence-electron chi connectivity index (χ4n) is 4.34. The Bertz CT molecular complexity index is 1090. The minimum atomic E-state index is -2.76. The van der Waals surface area contributed by atoms with Crippen molar-refractivity contribution in [1.29, 1.82) is 0 Å². The zero-order chi connectivity index (χ0) is 21.8. The zero-order valence-corrected chi connectivity index (χ0v) is 16.7. The Morgan fingerprint density at radius 2 is 1.90 bits per heavy atom. The van der Waals surface area contributed by atoms with Gasteiger partial charge in [-0.25, -0.2) is 17.6 Å². The number of alkyl halides is 2. The standard InChI is InChI=1S/C23H20F4N2O/c1-12-11-29(22(30)23(2,3)21(26)27)20-16-10-28-9-14(19(16)18(12)20)5-4-13-6-7-15(24)8-17(13)25/h6-10,12,18,20-21H,11H2,1-3H3/t12-,18?,20+/m0/s1. The molecule has 0 N–H and O–H groups in total. The van der Waals surface area contributed by atoms with Crippen LogP contribution in [0.2, 0.25) is 0 Å². The van der Waals surface area contributed by atoms with Crippen LogP contribution in [0.15, 0.2) is 30.6 Å². The number of benzene rings is 1. The smallest absolute Gasteiger partial charge is 0.252 e. The molecule has 7 heteroatoms. The number of rotatable bonds is 2. The second-order valence-corrected chi connectivity index (χ2v) is 8.49. The largest absolute Gasteiger partial charge is 0.334 e. The maximum absolute atomic E-state index is 13.9. The molecule has 0 bridgehead atoms. The highest BCUT2D eigenvalue weighted by Crippen LogP contribution is 2.58.